The van der Waals surface area contributed by atoms with Gasteiger partial charge in [0.05, 0.1) is 22.9 Å². The number of hydrogen-bond donors (Lipinski definition) is 0. The van der Waals surface area contributed by atoms with Crippen LogP contribution in [-0.4, -0.2) is 27.6 Å². The van der Waals surface area contributed by atoms with E-state index in [4.69, 9.17) is 0 Å². The van der Waals surface area contributed by atoms with Crippen molar-refractivity contribution >= 4 is 21.8 Å². The highest BCUT2D eigenvalue weighted by Crippen LogP contribution is 2.17. The smallest absolute Gasteiger partial charge is 0.253 e. The van der Waals surface area contributed by atoms with Crippen LogP contribution in [0.5, 0.6) is 0 Å². The molecule has 0 N–H and O–H groups in total. The fourth-order valence-electron chi connectivity index (χ4n) is 1.72. The summed E-state index contributed by atoms with van der Waals surface area (Å²) in [6, 6.07) is 5.51. The Labute approximate surface area is 119 Å². The lowest BCUT2D eigenvalue weighted by atomic mass is 10.2. The third kappa shape index (κ3) is 3.01. The maximum atomic E-state index is 12.8. The lowest BCUT2D eigenvalue weighted by Crippen LogP contribution is -2.27. The minimum atomic E-state index is -0.353. The number of rotatable bonds is 3. The van der Waals surface area contributed by atoms with Crippen molar-refractivity contribution in [3.05, 3.63) is 52.0 Å². The molecule has 0 saturated heterocycles. The van der Waals surface area contributed by atoms with Gasteiger partial charge in [-0.15, -0.1) is 0 Å². The SMILES string of the molecule is CN(Cc1c(Br)cnn1C)C(=O)c1ccc(F)cc1. The van der Waals surface area contributed by atoms with E-state index in [0.29, 0.717) is 12.1 Å². The zero-order chi connectivity index (χ0) is 14.0. The highest BCUT2D eigenvalue weighted by Gasteiger charge is 2.15. The molecular weight excluding hydrogens is 313 g/mol. The molecule has 0 fully saturated rings. The zero-order valence-corrected chi connectivity index (χ0v) is 12.2. The summed E-state index contributed by atoms with van der Waals surface area (Å²) >= 11 is 3.39. The zero-order valence-electron chi connectivity index (χ0n) is 10.6. The molecule has 0 spiro atoms. The summed E-state index contributed by atoms with van der Waals surface area (Å²) in [5.41, 5.74) is 1.36. The summed E-state index contributed by atoms with van der Waals surface area (Å²) in [7, 11) is 3.52. The van der Waals surface area contributed by atoms with Gasteiger partial charge in [-0.25, -0.2) is 4.39 Å². The molecule has 1 aromatic carbocycles. The standard InChI is InChI=1S/C13H13BrFN3O/c1-17(8-12-11(14)7-16-18(12)2)13(19)9-3-5-10(15)6-4-9/h3-7H,8H2,1-2H3. The van der Waals surface area contributed by atoms with Crippen molar-refractivity contribution in [2.75, 3.05) is 7.05 Å². The first-order chi connectivity index (χ1) is 8.99. The van der Waals surface area contributed by atoms with Crippen molar-refractivity contribution in [2.24, 2.45) is 7.05 Å². The number of benzene rings is 1. The van der Waals surface area contributed by atoms with Crippen molar-refractivity contribution in [2.45, 2.75) is 6.54 Å². The number of carbonyl (C=O) groups excluding carboxylic acids is 1. The van der Waals surface area contributed by atoms with Crippen molar-refractivity contribution in [3.8, 4) is 0 Å². The normalized spacial score (nSPS) is 10.5. The molecule has 2 aromatic rings. The Morgan fingerprint density at radius 3 is 2.58 bits per heavy atom. The monoisotopic (exact) mass is 325 g/mol. The number of carbonyl (C=O) groups is 1. The third-order valence-electron chi connectivity index (χ3n) is 2.84. The average molecular weight is 326 g/mol. The summed E-state index contributed by atoms with van der Waals surface area (Å²) in [6.07, 6.45) is 1.69. The van der Waals surface area contributed by atoms with Crippen LogP contribution < -0.4 is 0 Å². The minimum Gasteiger partial charge on any atom is -0.336 e. The van der Waals surface area contributed by atoms with Crippen molar-refractivity contribution in [1.82, 2.24) is 14.7 Å². The van der Waals surface area contributed by atoms with Crippen molar-refractivity contribution in [1.29, 1.82) is 0 Å². The first-order valence-corrected chi connectivity index (χ1v) is 6.45. The molecule has 0 aliphatic carbocycles. The molecule has 100 valence electrons. The van der Waals surface area contributed by atoms with Crippen LogP contribution >= 0.6 is 15.9 Å². The van der Waals surface area contributed by atoms with Gasteiger partial charge in [-0.05, 0) is 40.2 Å². The van der Waals surface area contributed by atoms with Crippen LogP contribution in [0.4, 0.5) is 4.39 Å². The second-order valence-corrected chi connectivity index (χ2v) is 5.09. The fourth-order valence-corrected chi connectivity index (χ4v) is 2.20. The Morgan fingerprint density at radius 2 is 2.05 bits per heavy atom. The Morgan fingerprint density at radius 1 is 1.42 bits per heavy atom. The van der Waals surface area contributed by atoms with Crippen LogP contribution in [0, 0.1) is 5.82 Å². The molecule has 6 heteroatoms. The first-order valence-electron chi connectivity index (χ1n) is 5.66. The molecule has 2 rings (SSSR count). The number of halogens is 2. The lowest BCUT2D eigenvalue weighted by Gasteiger charge is -2.17. The number of aromatic nitrogens is 2. The van der Waals surface area contributed by atoms with Gasteiger partial charge < -0.3 is 4.90 Å². The molecule has 4 nitrogen and oxygen atoms in total. The van der Waals surface area contributed by atoms with Gasteiger partial charge >= 0.3 is 0 Å². The van der Waals surface area contributed by atoms with E-state index in [0.717, 1.165) is 10.2 Å². The summed E-state index contributed by atoms with van der Waals surface area (Å²) in [6.45, 7) is 0.424. The van der Waals surface area contributed by atoms with Gasteiger partial charge in [0.2, 0.25) is 0 Å². The molecule has 19 heavy (non-hydrogen) atoms. The second-order valence-electron chi connectivity index (χ2n) is 4.23. The van der Waals surface area contributed by atoms with Crippen LogP contribution in [0.1, 0.15) is 16.1 Å². The highest BCUT2D eigenvalue weighted by atomic mass is 79.9. The summed E-state index contributed by atoms with van der Waals surface area (Å²) in [5, 5.41) is 4.10. The summed E-state index contributed by atoms with van der Waals surface area (Å²) in [5.74, 6) is -0.512. The largest absolute Gasteiger partial charge is 0.336 e. The number of hydrogen-bond acceptors (Lipinski definition) is 2. The molecule has 1 heterocycles. The van der Waals surface area contributed by atoms with E-state index in [9.17, 15) is 9.18 Å². The Bertz CT molecular complexity index is 575. The van der Waals surface area contributed by atoms with E-state index in [-0.39, 0.29) is 11.7 Å². The number of amides is 1. The van der Waals surface area contributed by atoms with Gasteiger partial charge in [-0.1, -0.05) is 0 Å². The maximum Gasteiger partial charge on any atom is 0.253 e. The summed E-state index contributed by atoms with van der Waals surface area (Å²) < 4.78 is 15.4. The quantitative estimate of drug-likeness (QED) is 0.870. The lowest BCUT2D eigenvalue weighted by molar-refractivity contribution is 0.0781. The molecule has 0 aliphatic heterocycles. The van der Waals surface area contributed by atoms with E-state index in [1.165, 1.54) is 24.3 Å². The van der Waals surface area contributed by atoms with E-state index in [1.54, 1.807) is 22.8 Å². The molecule has 0 atom stereocenters. The molecule has 1 amide bonds. The highest BCUT2D eigenvalue weighted by molar-refractivity contribution is 9.10. The van der Waals surface area contributed by atoms with Crippen molar-refractivity contribution < 1.29 is 9.18 Å². The third-order valence-corrected chi connectivity index (χ3v) is 3.50. The van der Waals surface area contributed by atoms with Crippen LogP contribution in [-0.2, 0) is 13.6 Å². The van der Waals surface area contributed by atoms with E-state index < -0.39 is 0 Å². The van der Waals surface area contributed by atoms with E-state index in [2.05, 4.69) is 21.0 Å². The van der Waals surface area contributed by atoms with E-state index >= 15 is 0 Å². The van der Waals surface area contributed by atoms with Crippen LogP contribution in [0.15, 0.2) is 34.9 Å². The Kier molecular flexibility index (Phi) is 3.99. The summed E-state index contributed by atoms with van der Waals surface area (Å²) in [4.78, 5) is 13.7. The number of nitrogens with zero attached hydrogens (tertiary/aromatic N) is 3. The van der Waals surface area contributed by atoms with Gasteiger partial charge in [0.1, 0.15) is 5.82 Å². The topological polar surface area (TPSA) is 38.1 Å². The van der Waals surface area contributed by atoms with Crippen molar-refractivity contribution in [3.63, 3.8) is 0 Å². The minimum absolute atomic E-state index is 0.159. The number of aryl methyl sites for hydroxylation is 1. The van der Waals surface area contributed by atoms with E-state index in [1.807, 2.05) is 7.05 Å². The molecule has 0 saturated carbocycles. The van der Waals surface area contributed by atoms with Gasteiger partial charge in [-0.3, -0.25) is 9.48 Å². The molecule has 0 aliphatic rings. The second kappa shape index (κ2) is 5.52. The molecule has 0 bridgehead atoms. The predicted octanol–water partition coefficient (Wildman–Crippen LogP) is 2.59. The Balaban J connectivity index is 2.14. The molecule has 0 unspecified atom stereocenters. The fraction of sp³-hybridized carbons (Fsp3) is 0.231. The molecular formula is C13H13BrFN3O. The van der Waals surface area contributed by atoms with Gasteiger partial charge in [0.15, 0.2) is 0 Å². The first kappa shape index (κ1) is 13.7. The predicted molar refractivity (Wildman–Crippen MR) is 73.1 cm³/mol. The molecule has 0 radical (unpaired) electrons. The average Bonchev–Trinajstić information content (AvgIpc) is 2.70. The molecule has 1 aromatic heterocycles. The van der Waals surface area contributed by atoms with Gasteiger partial charge in [0.25, 0.3) is 5.91 Å². The Hall–Kier alpha value is -1.69. The van der Waals surface area contributed by atoms with Gasteiger partial charge in [0, 0.05) is 19.7 Å². The maximum absolute atomic E-state index is 12.8. The van der Waals surface area contributed by atoms with Crippen LogP contribution in [0.2, 0.25) is 0 Å². The van der Waals surface area contributed by atoms with Crippen LogP contribution in [0.3, 0.4) is 0 Å². The van der Waals surface area contributed by atoms with Crippen LogP contribution in [0.25, 0.3) is 0 Å². The van der Waals surface area contributed by atoms with Gasteiger partial charge in [-0.2, -0.15) is 5.10 Å².